The largest absolute Gasteiger partial charge is 0.353 e. The zero-order chi connectivity index (χ0) is 19.4. The molecule has 1 aliphatic rings. The molecule has 3 rings (SSSR count). The van der Waals surface area contributed by atoms with E-state index in [0.717, 1.165) is 51.4 Å². The van der Waals surface area contributed by atoms with Crippen molar-refractivity contribution in [2.45, 2.75) is 76.7 Å². The Labute approximate surface area is 170 Å². The van der Waals surface area contributed by atoms with Gasteiger partial charge in [0.25, 0.3) is 0 Å². The summed E-state index contributed by atoms with van der Waals surface area (Å²) in [6.07, 6.45) is 12.5. The third kappa shape index (κ3) is 7.14. The molecule has 0 spiro atoms. The lowest BCUT2D eigenvalue weighted by atomic mass is 9.88. The van der Waals surface area contributed by atoms with Crippen LogP contribution in [0.4, 0.5) is 0 Å². The predicted octanol–water partition coefficient (Wildman–Crippen LogP) is 6.10. The maximum Gasteiger partial charge on any atom is 0.223 e. The molecule has 0 heterocycles. The highest BCUT2D eigenvalue weighted by molar-refractivity contribution is 5.79. The molecule has 0 aliphatic heterocycles. The van der Waals surface area contributed by atoms with Crippen molar-refractivity contribution in [1.82, 2.24) is 5.32 Å². The molecule has 0 aromatic heterocycles. The Bertz CT molecular complexity index is 631. The van der Waals surface area contributed by atoms with Gasteiger partial charge in [-0.3, -0.25) is 4.79 Å². The highest BCUT2D eigenvalue weighted by Crippen LogP contribution is 2.24. The number of hydrogen-bond acceptors (Lipinski definition) is 1. The molecule has 1 fully saturated rings. The first-order valence-electron chi connectivity index (χ1n) is 11.2. The Balaban J connectivity index is 1.49. The van der Waals surface area contributed by atoms with Crippen LogP contribution in [0.15, 0.2) is 60.7 Å². The fourth-order valence-electron chi connectivity index (χ4n) is 4.37. The SMILES string of the molecule is O=C(NC(CCCc1ccccc1)CCCc1ccccc1)C1CCCCC1. The molecule has 2 nitrogen and oxygen atoms in total. The summed E-state index contributed by atoms with van der Waals surface area (Å²) in [6, 6.07) is 21.7. The van der Waals surface area contributed by atoms with Gasteiger partial charge in [-0.1, -0.05) is 79.9 Å². The second kappa shape index (κ2) is 11.7. The molecular weight excluding hydrogens is 342 g/mol. The summed E-state index contributed by atoms with van der Waals surface area (Å²) in [5.41, 5.74) is 2.79. The predicted molar refractivity (Wildman–Crippen MR) is 117 cm³/mol. The van der Waals surface area contributed by atoms with Gasteiger partial charge in [0.05, 0.1) is 0 Å². The van der Waals surface area contributed by atoms with Crippen molar-refractivity contribution in [3.05, 3.63) is 71.8 Å². The van der Waals surface area contributed by atoms with Crippen molar-refractivity contribution >= 4 is 5.91 Å². The molecule has 2 aromatic rings. The standard InChI is InChI=1S/C26H35NO/c28-26(24-18-8-3-9-19-24)27-25(20-10-16-22-12-4-1-5-13-22)21-11-17-23-14-6-2-7-15-23/h1-2,4-7,12-15,24-25H,3,8-11,16-21H2,(H,27,28). The van der Waals surface area contributed by atoms with Crippen LogP contribution in [-0.2, 0) is 17.6 Å². The van der Waals surface area contributed by atoms with Crippen LogP contribution in [0.25, 0.3) is 0 Å². The van der Waals surface area contributed by atoms with Crippen molar-refractivity contribution in [3.8, 4) is 0 Å². The number of hydrogen-bond donors (Lipinski definition) is 1. The molecule has 150 valence electrons. The van der Waals surface area contributed by atoms with Gasteiger partial charge in [0.2, 0.25) is 5.91 Å². The first-order valence-corrected chi connectivity index (χ1v) is 11.2. The van der Waals surface area contributed by atoms with E-state index >= 15 is 0 Å². The summed E-state index contributed by atoms with van der Waals surface area (Å²) >= 11 is 0. The van der Waals surface area contributed by atoms with Crippen molar-refractivity contribution in [1.29, 1.82) is 0 Å². The van der Waals surface area contributed by atoms with Crippen LogP contribution in [0.2, 0.25) is 0 Å². The minimum absolute atomic E-state index is 0.250. The molecule has 2 heteroatoms. The number of carbonyl (C=O) groups is 1. The lowest BCUT2D eigenvalue weighted by Gasteiger charge is -2.25. The van der Waals surface area contributed by atoms with Gasteiger partial charge in [-0.15, -0.1) is 0 Å². The monoisotopic (exact) mass is 377 g/mol. The first-order chi connectivity index (χ1) is 13.8. The van der Waals surface area contributed by atoms with Crippen molar-refractivity contribution in [3.63, 3.8) is 0 Å². The van der Waals surface area contributed by atoms with Crippen LogP contribution in [0.1, 0.15) is 68.9 Å². The molecule has 1 amide bonds. The summed E-state index contributed by atoms with van der Waals surface area (Å²) in [6.45, 7) is 0. The maximum atomic E-state index is 12.8. The van der Waals surface area contributed by atoms with Crippen LogP contribution in [-0.4, -0.2) is 11.9 Å². The molecule has 0 saturated heterocycles. The van der Waals surface area contributed by atoms with Gasteiger partial charge in [0.15, 0.2) is 0 Å². The van der Waals surface area contributed by atoms with Crippen LogP contribution in [0, 0.1) is 5.92 Å². The Morgan fingerprint density at radius 2 is 1.29 bits per heavy atom. The lowest BCUT2D eigenvalue weighted by Crippen LogP contribution is -2.39. The fourth-order valence-corrected chi connectivity index (χ4v) is 4.37. The highest BCUT2D eigenvalue weighted by Gasteiger charge is 2.23. The Morgan fingerprint density at radius 3 is 1.79 bits per heavy atom. The van der Waals surface area contributed by atoms with Gasteiger partial charge in [-0.2, -0.15) is 0 Å². The average Bonchev–Trinajstić information content (AvgIpc) is 2.75. The average molecular weight is 378 g/mol. The number of rotatable bonds is 10. The molecular formula is C26H35NO. The molecule has 2 aromatic carbocycles. The third-order valence-electron chi connectivity index (χ3n) is 6.04. The van der Waals surface area contributed by atoms with Gasteiger partial charge in [-0.05, 0) is 62.5 Å². The molecule has 0 radical (unpaired) electrons. The van der Waals surface area contributed by atoms with Crippen molar-refractivity contribution in [2.75, 3.05) is 0 Å². The van der Waals surface area contributed by atoms with E-state index in [-0.39, 0.29) is 5.92 Å². The van der Waals surface area contributed by atoms with Crippen LogP contribution in [0.3, 0.4) is 0 Å². The molecule has 1 saturated carbocycles. The zero-order valence-electron chi connectivity index (χ0n) is 17.1. The minimum Gasteiger partial charge on any atom is -0.353 e. The molecule has 1 aliphatic carbocycles. The Morgan fingerprint density at radius 1 is 0.786 bits per heavy atom. The summed E-state index contributed by atoms with van der Waals surface area (Å²) < 4.78 is 0. The second-order valence-electron chi connectivity index (χ2n) is 8.30. The maximum absolute atomic E-state index is 12.8. The molecule has 0 atom stereocenters. The minimum atomic E-state index is 0.250. The van der Waals surface area contributed by atoms with E-state index in [4.69, 9.17) is 0 Å². The zero-order valence-corrected chi connectivity index (χ0v) is 17.1. The van der Waals surface area contributed by atoms with Gasteiger partial charge >= 0.3 is 0 Å². The smallest absolute Gasteiger partial charge is 0.223 e. The third-order valence-corrected chi connectivity index (χ3v) is 6.04. The lowest BCUT2D eigenvalue weighted by molar-refractivity contribution is -0.126. The van der Waals surface area contributed by atoms with Crippen LogP contribution < -0.4 is 5.32 Å². The molecule has 1 N–H and O–H groups in total. The van der Waals surface area contributed by atoms with Crippen LogP contribution >= 0.6 is 0 Å². The summed E-state index contributed by atoms with van der Waals surface area (Å²) in [5.74, 6) is 0.559. The van der Waals surface area contributed by atoms with Gasteiger partial charge in [0.1, 0.15) is 0 Å². The number of carbonyl (C=O) groups excluding carboxylic acids is 1. The number of nitrogens with one attached hydrogen (secondary N) is 1. The van der Waals surface area contributed by atoms with Gasteiger partial charge < -0.3 is 5.32 Å². The molecule has 28 heavy (non-hydrogen) atoms. The highest BCUT2D eigenvalue weighted by atomic mass is 16.1. The second-order valence-corrected chi connectivity index (χ2v) is 8.30. The van der Waals surface area contributed by atoms with E-state index in [0.29, 0.717) is 11.9 Å². The normalized spacial score (nSPS) is 14.9. The van der Waals surface area contributed by atoms with Crippen LogP contribution in [0.5, 0.6) is 0 Å². The summed E-state index contributed by atoms with van der Waals surface area (Å²) in [5, 5.41) is 3.42. The Hall–Kier alpha value is -2.09. The van der Waals surface area contributed by atoms with E-state index in [1.807, 2.05) is 0 Å². The quantitative estimate of drug-likeness (QED) is 0.533. The van der Waals surface area contributed by atoms with E-state index in [9.17, 15) is 4.79 Å². The number of amides is 1. The fraction of sp³-hybridized carbons (Fsp3) is 0.500. The number of aryl methyl sites for hydroxylation is 2. The van der Waals surface area contributed by atoms with Gasteiger partial charge in [-0.25, -0.2) is 0 Å². The first kappa shape index (κ1) is 20.6. The molecule has 0 bridgehead atoms. The number of benzene rings is 2. The van der Waals surface area contributed by atoms with E-state index in [2.05, 4.69) is 66.0 Å². The van der Waals surface area contributed by atoms with Crippen molar-refractivity contribution in [2.24, 2.45) is 5.92 Å². The summed E-state index contributed by atoms with van der Waals surface area (Å²) in [7, 11) is 0. The van der Waals surface area contributed by atoms with Crippen molar-refractivity contribution < 1.29 is 4.79 Å². The molecule has 0 unspecified atom stereocenters. The van der Waals surface area contributed by atoms with E-state index in [1.165, 1.54) is 30.4 Å². The van der Waals surface area contributed by atoms with E-state index < -0.39 is 0 Å². The van der Waals surface area contributed by atoms with Gasteiger partial charge in [0, 0.05) is 12.0 Å². The Kier molecular flexibility index (Phi) is 8.61. The topological polar surface area (TPSA) is 29.1 Å². The summed E-state index contributed by atoms with van der Waals surface area (Å²) in [4.78, 5) is 12.8. The van der Waals surface area contributed by atoms with E-state index in [1.54, 1.807) is 0 Å².